The molecule has 7 heteroatoms. The molecule has 2 aromatic carbocycles. The molecule has 0 radical (unpaired) electrons. The van der Waals surface area contributed by atoms with Crippen molar-refractivity contribution < 1.29 is 13.2 Å². The van der Waals surface area contributed by atoms with E-state index in [9.17, 15) is 13.2 Å². The fraction of sp³-hybridized carbons (Fsp3) is 0.350. The molecule has 0 atom stereocenters. The molecule has 0 saturated carbocycles. The summed E-state index contributed by atoms with van der Waals surface area (Å²) in [5.74, 6) is -0.0408. The molecule has 0 N–H and O–H groups in total. The smallest absolute Gasteiger partial charge is 0.253 e. The quantitative estimate of drug-likeness (QED) is 0.615. The van der Waals surface area contributed by atoms with Gasteiger partial charge in [-0.05, 0) is 89.4 Å². The van der Waals surface area contributed by atoms with Crippen LogP contribution in [0.1, 0.15) is 27.9 Å². The fourth-order valence-electron chi connectivity index (χ4n) is 3.76. The standard InChI is InChI=1S/C20H21IN2O3S/c21-18-7-4-16(5-8-18)20(24)22-10-12-23(13-11-22)27(25,26)19-9-6-15-2-1-3-17(15)14-19/h4-9,14H,1-3,10-13H2. The number of fused-ring (bicyclic) bond motifs is 1. The maximum absolute atomic E-state index is 13.0. The Morgan fingerprint density at radius 3 is 2.26 bits per heavy atom. The van der Waals surface area contributed by atoms with E-state index in [-0.39, 0.29) is 5.91 Å². The number of piperazine rings is 1. The Morgan fingerprint density at radius 1 is 0.889 bits per heavy atom. The molecule has 1 amide bonds. The van der Waals surface area contributed by atoms with Crippen molar-refractivity contribution >= 4 is 38.5 Å². The van der Waals surface area contributed by atoms with Crippen molar-refractivity contribution in [3.8, 4) is 0 Å². The van der Waals surface area contributed by atoms with Gasteiger partial charge in [0, 0.05) is 35.3 Å². The predicted octanol–water partition coefficient (Wildman–Crippen LogP) is 2.93. The van der Waals surface area contributed by atoms with Crippen LogP contribution in [-0.2, 0) is 22.9 Å². The van der Waals surface area contributed by atoms with Crippen molar-refractivity contribution in [1.82, 2.24) is 9.21 Å². The number of amides is 1. The molecule has 0 spiro atoms. The van der Waals surface area contributed by atoms with E-state index in [0.29, 0.717) is 36.6 Å². The summed E-state index contributed by atoms with van der Waals surface area (Å²) >= 11 is 2.20. The van der Waals surface area contributed by atoms with Crippen molar-refractivity contribution in [3.63, 3.8) is 0 Å². The van der Waals surface area contributed by atoms with Crippen LogP contribution in [0, 0.1) is 3.57 Å². The van der Waals surface area contributed by atoms with Crippen LogP contribution in [0.15, 0.2) is 47.4 Å². The highest BCUT2D eigenvalue weighted by Gasteiger charge is 2.31. The Labute approximate surface area is 173 Å². The van der Waals surface area contributed by atoms with Gasteiger partial charge >= 0.3 is 0 Å². The number of hydrogen-bond acceptors (Lipinski definition) is 3. The number of carbonyl (C=O) groups excluding carboxylic acids is 1. The number of aryl methyl sites for hydroxylation is 2. The second-order valence-electron chi connectivity index (χ2n) is 6.99. The molecular weight excluding hydrogens is 475 g/mol. The van der Waals surface area contributed by atoms with Gasteiger partial charge in [0.2, 0.25) is 10.0 Å². The van der Waals surface area contributed by atoms with E-state index in [2.05, 4.69) is 22.6 Å². The average Bonchev–Trinajstić information content (AvgIpc) is 3.16. The highest BCUT2D eigenvalue weighted by molar-refractivity contribution is 14.1. The van der Waals surface area contributed by atoms with Gasteiger partial charge in [-0.25, -0.2) is 8.42 Å². The summed E-state index contributed by atoms with van der Waals surface area (Å²) in [5, 5.41) is 0. The monoisotopic (exact) mass is 496 g/mol. The maximum atomic E-state index is 13.0. The summed E-state index contributed by atoms with van der Waals surface area (Å²) in [5.41, 5.74) is 3.07. The van der Waals surface area contributed by atoms with Crippen molar-refractivity contribution in [2.24, 2.45) is 0 Å². The van der Waals surface area contributed by atoms with E-state index < -0.39 is 10.0 Å². The number of nitrogens with zero attached hydrogens (tertiary/aromatic N) is 2. The minimum atomic E-state index is -3.51. The zero-order valence-corrected chi connectivity index (χ0v) is 17.9. The van der Waals surface area contributed by atoms with Crippen LogP contribution < -0.4 is 0 Å². The Bertz CT molecular complexity index is 965. The van der Waals surface area contributed by atoms with Crippen LogP contribution in [0.3, 0.4) is 0 Å². The molecule has 1 saturated heterocycles. The van der Waals surface area contributed by atoms with Crippen molar-refractivity contribution in [1.29, 1.82) is 0 Å². The van der Waals surface area contributed by atoms with Crippen LogP contribution in [0.5, 0.6) is 0 Å². The Balaban J connectivity index is 1.45. The van der Waals surface area contributed by atoms with Gasteiger partial charge in [-0.1, -0.05) is 6.07 Å². The molecule has 142 valence electrons. The largest absolute Gasteiger partial charge is 0.336 e. The zero-order chi connectivity index (χ0) is 19.0. The number of rotatable bonds is 3. The third kappa shape index (κ3) is 3.77. The molecule has 4 rings (SSSR count). The molecule has 2 aliphatic rings. The first-order valence-electron chi connectivity index (χ1n) is 9.12. The second-order valence-corrected chi connectivity index (χ2v) is 10.2. The van der Waals surface area contributed by atoms with Gasteiger partial charge in [-0.15, -0.1) is 0 Å². The molecule has 1 aliphatic heterocycles. The van der Waals surface area contributed by atoms with Crippen LogP contribution in [0.25, 0.3) is 0 Å². The van der Waals surface area contributed by atoms with E-state index in [4.69, 9.17) is 0 Å². The number of benzene rings is 2. The van der Waals surface area contributed by atoms with Crippen LogP contribution in [-0.4, -0.2) is 49.7 Å². The van der Waals surface area contributed by atoms with Crippen LogP contribution in [0.2, 0.25) is 0 Å². The van der Waals surface area contributed by atoms with Gasteiger partial charge in [-0.3, -0.25) is 4.79 Å². The molecule has 27 heavy (non-hydrogen) atoms. The topological polar surface area (TPSA) is 57.7 Å². The lowest BCUT2D eigenvalue weighted by Crippen LogP contribution is -2.50. The van der Waals surface area contributed by atoms with Gasteiger partial charge in [-0.2, -0.15) is 4.31 Å². The third-order valence-electron chi connectivity index (χ3n) is 5.32. The summed E-state index contributed by atoms with van der Waals surface area (Å²) in [6.45, 7) is 1.48. The molecule has 2 aromatic rings. The number of halogens is 1. The molecule has 0 unspecified atom stereocenters. The molecule has 1 aliphatic carbocycles. The van der Waals surface area contributed by atoms with Crippen molar-refractivity contribution in [2.75, 3.05) is 26.2 Å². The molecule has 1 fully saturated rings. The summed E-state index contributed by atoms with van der Waals surface area (Å²) in [6, 6.07) is 13.0. The van der Waals surface area contributed by atoms with Gasteiger partial charge in [0.15, 0.2) is 0 Å². The van der Waals surface area contributed by atoms with E-state index in [1.54, 1.807) is 11.0 Å². The molecule has 0 bridgehead atoms. The van der Waals surface area contributed by atoms with Gasteiger partial charge in [0.1, 0.15) is 0 Å². The highest BCUT2D eigenvalue weighted by Crippen LogP contribution is 2.27. The fourth-order valence-corrected chi connectivity index (χ4v) is 5.60. The van der Waals surface area contributed by atoms with E-state index in [0.717, 1.165) is 28.4 Å². The van der Waals surface area contributed by atoms with Crippen molar-refractivity contribution in [2.45, 2.75) is 24.2 Å². The number of hydrogen-bond donors (Lipinski definition) is 0. The van der Waals surface area contributed by atoms with E-state index >= 15 is 0 Å². The second kappa shape index (κ2) is 7.52. The lowest BCUT2D eigenvalue weighted by atomic mass is 10.1. The average molecular weight is 496 g/mol. The van der Waals surface area contributed by atoms with Crippen LogP contribution >= 0.6 is 22.6 Å². The summed E-state index contributed by atoms with van der Waals surface area (Å²) in [6.07, 6.45) is 3.09. The molecule has 5 nitrogen and oxygen atoms in total. The Hall–Kier alpha value is -1.45. The first-order valence-corrected chi connectivity index (χ1v) is 11.6. The first kappa shape index (κ1) is 18.9. The normalized spacial score (nSPS) is 17.7. The first-order chi connectivity index (χ1) is 12.9. The predicted molar refractivity (Wildman–Crippen MR) is 112 cm³/mol. The number of carbonyl (C=O) groups is 1. The lowest BCUT2D eigenvalue weighted by Gasteiger charge is -2.34. The lowest BCUT2D eigenvalue weighted by molar-refractivity contribution is 0.0698. The highest BCUT2D eigenvalue weighted by atomic mass is 127. The summed E-state index contributed by atoms with van der Waals surface area (Å²) in [7, 11) is -3.51. The Morgan fingerprint density at radius 2 is 1.56 bits per heavy atom. The molecule has 1 heterocycles. The van der Waals surface area contributed by atoms with E-state index in [1.165, 1.54) is 9.87 Å². The zero-order valence-electron chi connectivity index (χ0n) is 14.9. The molecular formula is C20H21IN2O3S. The van der Waals surface area contributed by atoms with Crippen molar-refractivity contribution in [3.05, 3.63) is 62.7 Å². The van der Waals surface area contributed by atoms with Gasteiger partial charge in [0.25, 0.3) is 5.91 Å². The minimum Gasteiger partial charge on any atom is -0.336 e. The van der Waals surface area contributed by atoms with E-state index in [1.807, 2.05) is 36.4 Å². The van der Waals surface area contributed by atoms with Gasteiger partial charge < -0.3 is 4.90 Å². The Kier molecular flexibility index (Phi) is 5.26. The van der Waals surface area contributed by atoms with Crippen LogP contribution in [0.4, 0.5) is 0 Å². The summed E-state index contributed by atoms with van der Waals surface area (Å²) in [4.78, 5) is 14.7. The third-order valence-corrected chi connectivity index (χ3v) is 7.94. The summed E-state index contributed by atoms with van der Waals surface area (Å²) < 4.78 is 28.6. The number of sulfonamides is 1. The SMILES string of the molecule is O=C(c1ccc(I)cc1)N1CCN(S(=O)(=O)c2ccc3c(c2)CCC3)CC1. The molecule has 0 aromatic heterocycles. The maximum Gasteiger partial charge on any atom is 0.253 e. The minimum absolute atomic E-state index is 0.0408. The van der Waals surface area contributed by atoms with Gasteiger partial charge in [0.05, 0.1) is 4.90 Å².